The van der Waals surface area contributed by atoms with E-state index in [-0.39, 0.29) is 41.6 Å². The van der Waals surface area contributed by atoms with Crippen LogP contribution in [0.2, 0.25) is 5.02 Å². The van der Waals surface area contributed by atoms with Crippen LogP contribution < -0.4 is 10.6 Å². The van der Waals surface area contributed by atoms with Crippen LogP contribution in [-0.2, 0) is 4.79 Å². The van der Waals surface area contributed by atoms with Gasteiger partial charge in [-0.3, -0.25) is 9.59 Å². The van der Waals surface area contributed by atoms with Crippen LogP contribution in [0.4, 0.5) is 4.39 Å². The van der Waals surface area contributed by atoms with Crippen molar-refractivity contribution < 1.29 is 14.0 Å². The molecule has 1 fully saturated rings. The molecule has 1 aliphatic carbocycles. The summed E-state index contributed by atoms with van der Waals surface area (Å²) in [6.45, 7) is 5.70. The number of carbonyl (C=O) groups is 2. The number of hydrogen-bond donors (Lipinski definition) is 2. The second-order valence-electron chi connectivity index (χ2n) is 10.2. The summed E-state index contributed by atoms with van der Waals surface area (Å²) in [4.78, 5) is 25.8. The fourth-order valence-electron chi connectivity index (χ4n) is 4.87. The van der Waals surface area contributed by atoms with E-state index in [9.17, 15) is 14.0 Å². The number of aromatic nitrogens is 3. The lowest BCUT2D eigenvalue weighted by molar-refractivity contribution is -0.124. The molecule has 4 rings (SSSR count). The van der Waals surface area contributed by atoms with Gasteiger partial charge < -0.3 is 10.6 Å². The Kier molecular flexibility index (Phi) is 9.20. The Hall–Kier alpha value is -2.78. The predicted molar refractivity (Wildman–Crippen MR) is 149 cm³/mol. The Morgan fingerprint density at radius 1 is 1.11 bits per heavy atom. The molecule has 202 valence electrons. The molecule has 1 aromatic heterocycles. The van der Waals surface area contributed by atoms with Crippen molar-refractivity contribution in [1.82, 2.24) is 25.6 Å². The van der Waals surface area contributed by atoms with Gasteiger partial charge in [0.25, 0.3) is 5.91 Å². The Bertz CT molecular complexity index is 1290. The molecule has 2 amide bonds. The van der Waals surface area contributed by atoms with E-state index >= 15 is 0 Å². The summed E-state index contributed by atoms with van der Waals surface area (Å²) in [5.41, 5.74) is 1.78. The van der Waals surface area contributed by atoms with Crippen LogP contribution in [-0.4, -0.2) is 38.9 Å². The zero-order valence-corrected chi connectivity index (χ0v) is 24.0. The summed E-state index contributed by atoms with van der Waals surface area (Å²) < 4.78 is 16.8. The Balaban J connectivity index is 1.32. The summed E-state index contributed by atoms with van der Waals surface area (Å²) in [6.07, 6.45) is 5.19. The van der Waals surface area contributed by atoms with Crippen LogP contribution >= 0.6 is 27.5 Å². The second-order valence-corrected chi connectivity index (χ2v) is 11.5. The van der Waals surface area contributed by atoms with Crippen molar-refractivity contribution in [1.29, 1.82) is 0 Å². The molecule has 0 radical (unpaired) electrons. The second kappa shape index (κ2) is 12.4. The van der Waals surface area contributed by atoms with Crippen LogP contribution in [0.25, 0.3) is 0 Å². The average molecular weight is 605 g/mol. The number of amides is 2. The van der Waals surface area contributed by atoms with Crippen molar-refractivity contribution in [3.63, 3.8) is 0 Å². The molecule has 0 bridgehead atoms. The molecule has 0 aliphatic heterocycles. The molecule has 1 heterocycles. The van der Waals surface area contributed by atoms with Crippen molar-refractivity contribution >= 4 is 39.3 Å². The van der Waals surface area contributed by atoms with Crippen molar-refractivity contribution in [2.24, 2.45) is 5.92 Å². The highest BCUT2D eigenvalue weighted by Crippen LogP contribution is 2.33. The van der Waals surface area contributed by atoms with Gasteiger partial charge >= 0.3 is 0 Å². The van der Waals surface area contributed by atoms with Gasteiger partial charge in [-0.15, -0.1) is 5.10 Å². The SMILES string of the molecule is CC(C)C(NC(=O)c1ccccc1Cl)C(=O)NC1CCC(c2cn([C@H](C)c3ccc(Br)cc3F)nn2)CC1. The third-order valence-electron chi connectivity index (χ3n) is 7.18. The lowest BCUT2D eigenvalue weighted by Crippen LogP contribution is -2.52. The van der Waals surface area contributed by atoms with Crippen molar-refractivity contribution in [2.45, 2.75) is 70.5 Å². The highest BCUT2D eigenvalue weighted by molar-refractivity contribution is 9.10. The van der Waals surface area contributed by atoms with E-state index in [1.807, 2.05) is 33.0 Å². The minimum absolute atomic E-state index is 0.0167. The normalized spacial score (nSPS) is 19.1. The summed E-state index contributed by atoms with van der Waals surface area (Å²) in [5, 5.41) is 15.0. The topological polar surface area (TPSA) is 88.9 Å². The molecule has 2 N–H and O–H groups in total. The lowest BCUT2D eigenvalue weighted by Gasteiger charge is -2.30. The molecular formula is C28H32BrClFN5O2. The number of carbonyl (C=O) groups excluding carboxylic acids is 2. The number of benzene rings is 2. The van der Waals surface area contributed by atoms with E-state index in [4.69, 9.17) is 11.6 Å². The third kappa shape index (κ3) is 6.61. The van der Waals surface area contributed by atoms with Crippen LogP contribution in [0.3, 0.4) is 0 Å². The maximum Gasteiger partial charge on any atom is 0.253 e. The highest BCUT2D eigenvalue weighted by Gasteiger charge is 2.30. The summed E-state index contributed by atoms with van der Waals surface area (Å²) >= 11 is 9.44. The van der Waals surface area contributed by atoms with E-state index in [2.05, 4.69) is 36.9 Å². The van der Waals surface area contributed by atoms with Gasteiger partial charge in [0.05, 0.1) is 22.3 Å². The maximum absolute atomic E-state index is 14.4. The van der Waals surface area contributed by atoms with Crippen LogP contribution in [0.15, 0.2) is 53.1 Å². The molecule has 2 atom stereocenters. The summed E-state index contributed by atoms with van der Waals surface area (Å²) in [7, 11) is 0. The van der Waals surface area contributed by atoms with E-state index in [1.54, 1.807) is 35.0 Å². The lowest BCUT2D eigenvalue weighted by atomic mass is 9.84. The molecule has 2 aromatic carbocycles. The van der Waals surface area contributed by atoms with E-state index in [0.29, 0.717) is 20.6 Å². The maximum atomic E-state index is 14.4. The molecule has 1 aliphatic rings. The minimum Gasteiger partial charge on any atom is -0.352 e. The fourth-order valence-corrected chi connectivity index (χ4v) is 5.43. The smallest absolute Gasteiger partial charge is 0.253 e. The molecule has 1 unspecified atom stereocenters. The first-order valence-corrected chi connectivity index (χ1v) is 14.0. The number of nitrogens with one attached hydrogen (secondary N) is 2. The van der Waals surface area contributed by atoms with Crippen LogP contribution in [0.1, 0.15) is 80.0 Å². The Morgan fingerprint density at radius 2 is 1.82 bits per heavy atom. The third-order valence-corrected chi connectivity index (χ3v) is 8.01. The van der Waals surface area contributed by atoms with Gasteiger partial charge in [0.1, 0.15) is 11.9 Å². The molecule has 0 spiro atoms. The molecule has 7 nitrogen and oxygen atoms in total. The van der Waals surface area contributed by atoms with Crippen molar-refractivity contribution in [3.8, 4) is 0 Å². The number of nitrogens with zero attached hydrogens (tertiary/aromatic N) is 3. The Labute approximate surface area is 235 Å². The van der Waals surface area contributed by atoms with Crippen LogP contribution in [0.5, 0.6) is 0 Å². The van der Waals surface area contributed by atoms with Gasteiger partial charge in [0.15, 0.2) is 0 Å². The van der Waals surface area contributed by atoms with Gasteiger partial charge in [0.2, 0.25) is 5.91 Å². The first-order chi connectivity index (χ1) is 18.1. The number of halogens is 3. The predicted octanol–water partition coefficient (Wildman–Crippen LogP) is 6.04. The monoisotopic (exact) mass is 603 g/mol. The molecule has 1 saturated carbocycles. The van der Waals surface area contributed by atoms with Crippen LogP contribution in [0, 0.1) is 11.7 Å². The summed E-state index contributed by atoms with van der Waals surface area (Å²) in [5.74, 6) is -0.721. The zero-order valence-electron chi connectivity index (χ0n) is 21.6. The molecule has 38 heavy (non-hydrogen) atoms. The van der Waals surface area contributed by atoms with Crippen molar-refractivity contribution in [3.05, 3.63) is 80.8 Å². The molecule has 10 heteroatoms. The quantitative estimate of drug-likeness (QED) is 0.328. The van der Waals surface area contributed by atoms with Crippen molar-refractivity contribution in [2.75, 3.05) is 0 Å². The van der Waals surface area contributed by atoms with Gasteiger partial charge in [-0.2, -0.15) is 0 Å². The summed E-state index contributed by atoms with van der Waals surface area (Å²) in [6, 6.07) is 10.9. The van der Waals surface area contributed by atoms with Gasteiger partial charge in [-0.1, -0.05) is 64.8 Å². The van der Waals surface area contributed by atoms with Gasteiger partial charge in [0, 0.05) is 28.2 Å². The van der Waals surface area contributed by atoms with Gasteiger partial charge in [-0.25, -0.2) is 9.07 Å². The minimum atomic E-state index is -0.670. The average Bonchev–Trinajstić information content (AvgIpc) is 3.37. The van der Waals surface area contributed by atoms with Gasteiger partial charge in [-0.05, 0) is 62.8 Å². The molecule has 0 saturated heterocycles. The van der Waals surface area contributed by atoms with E-state index in [1.165, 1.54) is 6.07 Å². The largest absolute Gasteiger partial charge is 0.352 e. The standard InChI is InChI=1S/C28H32BrClFN5O2/c1-16(2)26(33-27(37)22-6-4-5-7-23(22)30)28(38)32-20-11-8-18(9-12-20)25-15-36(35-34-25)17(3)21-13-10-19(29)14-24(21)31/h4-7,10,13-18,20,26H,8-9,11-12H2,1-3H3,(H,32,38)(H,33,37)/t17-,18?,20?,26?/m1/s1. The fraction of sp³-hybridized carbons (Fsp3) is 0.429. The number of hydrogen-bond acceptors (Lipinski definition) is 4. The number of rotatable bonds is 8. The zero-order chi connectivity index (χ0) is 27.4. The molecular weight excluding hydrogens is 573 g/mol. The van der Waals surface area contributed by atoms with E-state index in [0.717, 1.165) is 31.4 Å². The Morgan fingerprint density at radius 3 is 2.47 bits per heavy atom. The highest BCUT2D eigenvalue weighted by atomic mass is 79.9. The van der Waals surface area contributed by atoms with E-state index < -0.39 is 6.04 Å². The first-order valence-electron chi connectivity index (χ1n) is 12.9. The molecule has 3 aromatic rings. The first kappa shape index (κ1) is 28.2.